The number of para-hydroxylation sites is 1. The standard InChI is InChI=1S/C22H24N4O4/c1-28-21(17-8-4-2-5-9-17)22(27)25(16-20-29-12-13-30-20)14-18-15-26(24-23-18)19-10-6-3-7-11-19/h2-11,15,20-21H,12-14,16H2,1H3/t21-/m0/s1. The molecule has 1 atom stereocenters. The third-order valence-electron chi connectivity index (χ3n) is 4.85. The van der Waals surface area contributed by atoms with E-state index in [4.69, 9.17) is 14.2 Å². The van der Waals surface area contributed by atoms with E-state index in [-0.39, 0.29) is 19.0 Å². The number of rotatable bonds is 8. The number of ether oxygens (including phenoxy) is 3. The van der Waals surface area contributed by atoms with Gasteiger partial charge in [-0.25, -0.2) is 4.68 Å². The van der Waals surface area contributed by atoms with Crippen LogP contribution >= 0.6 is 0 Å². The van der Waals surface area contributed by atoms with E-state index in [1.807, 2.05) is 66.9 Å². The van der Waals surface area contributed by atoms with Crippen molar-refractivity contribution in [2.45, 2.75) is 18.9 Å². The van der Waals surface area contributed by atoms with Crippen molar-refractivity contribution in [1.82, 2.24) is 19.9 Å². The molecular weight excluding hydrogens is 384 g/mol. The molecule has 156 valence electrons. The molecule has 1 aliphatic heterocycles. The van der Waals surface area contributed by atoms with E-state index in [2.05, 4.69) is 10.3 Å². The smallest absolute Gasteiger partial charge is 0.256 e. The van der Waals surface area contributed by atoms with Crippen LogP contribution in [0.1, 0.15) is 17.4 Å². The predicted octanol–water partition coefficient (Wildman–Crippen LogP) is 2.36. The first-order valence-electron chi connectivity index (χ1n) is 9.81. The van der Waals surface area contributed by atoms with Crippen LogP contribution in [-0.2, 0) is 25.5 Å². The molecule has 1 aliphatic rings. The average Bonchev–Trinajstić information content (AvgIpc) is 3.47. The molecule has 0 saturated carbocycles. The Morgan fingerprint density at radius 2 is 1.80 bits per heavy atom. The maximum Gasteiger partial charge on any atom is 0.256 e. The number of amides is 1. The fourth-order valence-electron chi connectivity index (χ4n) is 3.37. The van der Waals surface area contributed by atoms with Crippen LogP contribution in [0.3, 0.4) is 0 Å². The minimum atomic E-state index is -0.725. The number of aromatic nitrogens is 3. The summed E-state index contributed by atoms with van der Waals surface area (Å²) in [5, 5.41) is 8.43. The van der Waals surface area contributed by atoms with Crippen molar-refractivity contribution < 1.29 is 19.0 Å². The van der Waals surface area contributed by atoms with Gasteiger partial charge in [0, 0.05) is 7.11 Å². The number of benzene rings is 2. The first-order valence-corrected chi connectivity index (χ1v) is 9.81. The van der Waals surface area contributed by atoms with E-state index in [0.29, 0.717) is 18.9 Å². The monoisotopic (exact) mass is 408 g/mol. The fourth-order valence-corrected chi connectivity index (χ4v) is 3.37. The lowest BCUT2D eigenvalue weighted by atomic mass is 10.1. The maximum atomic E-state index is 13.4. The van der Waals surface area contributed by atoms with Crippen LogP contribution in [0, 0.1) is 0 Å². The van der Waals surface area contributed by atoms with E-state index in [9.17, 15) is 4.79 Å². The molecule has 30 heavy (non-hydrogen) atoms. The number of hydrogen-bond acceptors (Lipinski definition) is 6. The molecule has 0 aliphatic carbocycles. The van der Waals surface area contributed by atoms with E-state index < -0.39 is 12.4 Å². The molecule has 1 saturated heterocycles. The quantitative estimate of drug-likeness (QED) is 0.569. The molecule has 1 amide bonds. The average molecular weight is 408 g/mol. The second-order valence-corrected chi connectivity index (χ2v) is 6.91. The minimum absolute atomic E-state index is 0.183. The Morgan fingerprint density at radius 1 is 1.13 bits per heavy atom. The molecular formula is C22H24N4O4. The molecule has 8 heteroatoms. The Hall–Kier alpha value is -3.07. The van der Waals surface area contributed by atoms with Gasteiger partial charge in [-0.2, -0.15) is 0 Å². The molecule has 0 N–H and O–H groups in total. The van der Waals surface area contributed by atoms with Gasteiger partial charge in [0.1, 0.15) is 5.69 Å². The van der Waals surface area contributed by atoms with Crippen LogP contribution in [0.4, 0.5) is 0 Å². The van der Waals surface area contributed by atoms with Gasteiger partial charge in [0.05, 0.1) is 38.2 Å². The van der Waals surface area contributed by atoms with Crippen molar-refractivity contribution in [3.05, 3.63) is 78.1 Å². The van der Waals surface area contributed by atoms with Crippen LogP contribution in [0.2, 0.25) is 0 Å². The summed E-state index contributed by atoms with van der Waals surface area (Å²) in [6.45, 7) is 1.58. The van der Waals surface area contributed by atoms with Gasteiger partial charge in [-0.1, -0.05) is 53.7 Å². The molecule has 4 rings (SSSR count). The van der Waals surface area contributed by atoms with Crippen LogP contribution in [-0.4, -0.2) is 59.0 Å². The molecule has 0 radical (unpaired) electrons. The molecule has 3 aromatic rings. The van der Waals surface area contributed by atoms with Gasteiger partial charge in [-0.3, -0.25) is 4.79 Å². The van der Waals surface area contributed by atoms with Gasteiger partial charge < -0.3 is 19.1 Å². The highest BCUT2D eigenvalue weighted by molar-refractivity contribution is 5.82. The topological polar surface area (TPSA) is 78.7 Å². The SMILES string of the molecule is CO[C@H](C(=O)N(Cc1cn(-c2ccccc2)nn1)CC1OCCO1)c1ccccc1. The molecule has 2 heterocycles. The molecule has 0 unspecified atom stereocenters. The number of methoxy groups -OCH3 is 1. The Labute approximate surface area is 175 Å². The Bertz CT molecular complexity index is 942. The van der Waals surface area contributed by atoms with Gasteiger partial charge in [-0.15, -0.1) is 5.10 Å². The summed E-state index contributed by atoms with van der Waals surface area (Å²) in [5.74, 6) is -0.183. The molecule has 1 aromatic heterocycles. The van der Waals surface area contributed by atoms with Crippen LogP contribution in [0.25, 0.3) is 5.69 Å². The van der Waals surface area contributed by atoms with Crippen LogP contribution in [0.15, 0.2) is 66.9 Å². The third-order valence-corrected chi connectivity index (χ3v) is 4.85. The lowest BCUT2D eigenvalue weighted by molar-refractivity contribution is -0.149. The van der Waals surface area contributed by atoms with E-state index in [1.165, 1.54) is 7.11 Å². The summed E-state index contributed by atoms with van der Waals surface area (Å²) < 4.78 is 18.4. The first kappa shape index (κ1) is 20.2. The van der Waals surface area contributed by atoms with Gasteiger partial charge in [0.25, 0.3) is 5.91 Å². The Kier molecular flexibility index (Phi) is 6.48. The van der Waals surface area contributed by atoms with Crippen molar-refractivity contribution in [3.63, 3.8) is 0 Å². The highest BCUT2D eigenvalue weighted by Gasteiger charge is 2.30. The second kappa shape index (κ2) is 9.62. The summed E-state index contributed by atoms with van der Waals surface area (Å²) in [5.41, 5.74) is 2.35. The van der Waals surface area contributed by atoms with Gasteiger partial charge in [0.2, 0.25) is 0 Å². The van der Waals surface area contributed by atoms with Crippen molar-refractivity contribution in [2.75, 3.05) is 26.9 Å². The highest BCUT2D eigenvalue weighted by atomic mass is 16.7. The van der Waals surface area contributed by atoms with Crippen molar-refractivity contribution in [3.8, 4) is 5.69 Å². The van der Waals surface area contributed by atoms with E-state index in [1.54, 1.807) is 9.58 Å². The van der Waals surface area contributed by atoms with E-state index >= 15 is 0 Å². The van der Waals surface area contributed by atoms with Crippen molar-refractivity contribution in [1.29, 1.82) is 0 Å². The summed E-state index contributed by atoms with van der Waals surface area (Å²) in [6.07, 6.45) is 0.624. The number of hydrogen-bond donors (Lipinski definition) is 0. The third kappa shape index (κ3) is 4.73. The molecule has 8 nitrogen and oxygen atoms in total. The zero-order valence-electron chi connectivity index (χ0n) is 16.8. The van der Waals surface area contributed by atoms with Gasteiger partial charge >= 0.3 is 0 Å². The lowest BCUT2D eigenvalue weighted by Crippen LogP contribution is -2.40. The Morgan fingerprint density at radius 3 is 2.47 bits per heavy atom. The normalized spacial score (nSPS) is 15.2. The first-order chi connectivity index (χ1) is 14.7. The predicted molar refractivity (Wildman–Crippen MR) is 109 cm³/mol. The minimum Gasteiger partial charge on any atom is -0.367 e. The number of nitrogens with zero attached hydrogens (tertiary/aromatic N) is 4. The van der Waals surface area contributed by atoms with Gasteiger partial charge in [0.15, 0.2) is 12.4 Å². The van der Waals surface area contributed by atoms with Crippen LogP contribution < -0.4 is 0 Å². The lowest BCUT2D eigenvalue weighted by Gasteiger charge is -2.28. The highest BCUT2D eigenvalue weighted by Crippen LogP contribution is 2.21. The molecule has 1 fully saturated rings. The Balaban J connectivity index is 1.55. The molecule has 0 spiro atoms. The number of carbonyl (C=O) groups excluding carboxylic acids is 1. The van der Waals surface area contributed by atoms with E-state index in [0.717, 1.165) is 11.3 Å². The summed E-state index contributed by atoms with van der Waals surface area (Å²) in [4.78, 5) is 15.0. The largest absolute Gasteiger partial charge is 0.367 e. The summed E-state index contributed by atoms with van der Waals surface area (Å²) >= 11 is 0. The fraction of sp³-hybridized carbons (Fsp3) is 0.318. The second-order valence-electron chi connectivity index (χ2n) is 6.91. The van der Waals surface area contributed by atoms with Crippen LogP contribution in [0.5, 0.6) is 0 Å². The molecule has 2 aromatic carbocycles. The van der Waals surface area contributed by atoms with Gasteiger partial charge in [-0.05, 0) is 17.7 Å². The summed E-state index contributed by atoms with van der Waals surface area (Å²) in [6, 6.07) is 19.1. The maximum absolute atomic E-state index is 13.4. The zero-order chi connectivity index (χ0) is 20.8. The summed E-state index contributed by atoms with van der Waals surface area (Å²) in [7, 11) is 1.53. The molecule has 0 bridgehead atoms. The van der Waals surface area contributed by atoms with Crippen molar-refractivity contribution in [2.24, 2.45) is 0 Å². The number of carbonyl (C=O) groups is 1. The van der Waals surface area contributed by atoms with Crippen molar-refractivity contribution >= 4 is 5.91 Å². The zero-order valence-corrected chi connectivity index (χ0v) is 16.8.